The van der Waals surface area contributed by atoms with Crippen LogP contribution in [0.15, 0.2) is 79.0 Å². The standard InChI is InChI=1S/C28H23Cl2N3O3/c29-20-7-5-18(6-8-20)15-26(34)32(14-13-19-17-31-24-4-2-1-3-23(19)24)25-16-27(35)33(28(25)36)22-11-9-21(30)10-12-22/h1-12,17,25,31H,13-16H2. The van der Waals surface area contributed by atoms with Gasteiger partial charge in [-0.2, -0.15) is 0 Å². The molecule has 1 atom stereocenters. The summed E-state index contributed by atoms with van der Waals surface area (Å²) in [6.07, 6.45) is 2.50. The molecule has 1 saturated heterocycles. The maximum atomic E-state index is 13.5. The number of amides is 3. The minimum Gasteiger partial charge on any atom is -0.361 e. The number of fused-ring (bicyclic) bond motifs is 1. The van der Waals surface area contributed by atoms with Gasteiger partial charge in [0, 0.05) is 33.7 Å². The van der Waals surface area contributed by atoms with Crippen LogP contribution in [-0.4, -0.2) is 40.2 Å². The highest BCUT2D eigenvalue weighted by atomic mass is 35.5. The van der Waals surface area contributed by atoms with Gasteiger partial charge in [0.1, 0.15) is 6.04 Å². The van der Waals surface area contributed by atoms with Crippen molar-refractivity contribution in [2.75, 3.05) is 11.4 Å². The number of para-hydroxylation sites is 1. The molecule has 1 aliphatic rings. The Bertz CT molecular complexity index is 1430. The lowest BCUT2D eigenvalue weighted by atomic mass is 10.1. The summed E-state index contributed by atoms with van der Waals surface area (Å²) in [6, 6.07) is 20.6. The Morgan fingerprint density at radius 3 is 2.33 bits per heavy atom. The zero-order valence-electron chi connectivity index (χ0n) is 19.3. The van der Waals surface area contributed by atoms with Crippen molar-refractivity contribution in [1.29, 1.82) is 0 Å². The molecule has 6 nitrogen and oxygen atoms in total. The third kappa shape index (κ3) is 4.87. The molecule has 1 aliphatic heterocycles. The molecule has 0 aliphatic carbocycles. The predicted octanol–water partition coefficient (Wildman–Crippen LogP) is 5.42. The molecule has 0 bridgehead atoms. The van der Waals surface area contributed by atoms with E-state index >= 15 is 0 Å². The molecule has 1 unspecified atom stereocenters. The Balaban J connectivity index is 1.42. The number of carbonyl (C=O) groups excluding carboxylic acids is 3. The predicted molar refractivity (Wildman–Crippen MR) is 141 cm³/mol. The van der Waals surface area contributed by atoms with E-state index in [9.17, 15) is 14.4 Å². The fourth-order valence-corrected chi connectivity index (χ4v) is 4.88. The number of H-pyrrole nitrogens is 1. The Labute approximate surface area is 218 Å². The highest BCUT2D eigenvalue weighted by molar-refractivity contribution is 6.31. The summed E-state index contributed by atoms with van der Waals surface area (Å²) < 4.78 is 0. The smallest absolute Gasteiger partial charge is 0.257 e. The van der Waals surface area contributed by atoms with Crippen molar-refractivity contribution < 1.29 is 14.4 Å². The third-order valence-corrected chi connectivity index (χ3v) is 6.97. The van der Waals surface area contributed by atoms with Crippen molar-refractivity contribution in [3.05, 3.63) is 100 Å². The van der Waals surface area contributed by atoms with Gasteiger partial charge in [0.2, 0.25) is 11.8 Å². The summed E-state index contributed by atoms with van der Waals surface area (Å²) in [7, 11) is 0. The SMILES string of the molecule is O=C1CC(N(CCc2c[nH]c3ccccc23)C(=O)Cc2ccc(Cl)cc2)C(=O)N1c1ccc(Cl)cc1. The summed E-state index contributed by atoms with van der Waals surface area (Å²) in [5.74, 6) is -0.976. The highest BCUT2D eigenvalue weighted by Gasteiger charge is 2.44. The molecule has 5 rings (SSSR count). The first-order valence-corrected chi connectivity index (χ1v) is 12.4. The van der Waals surface area contributed by atoms with E-state index in [4.69, 9.17) is 23.2 Å². The topological polar surface area (TPSA) is 73.5 Å². The first-order valence-electron chi connectivity index (χ1n) is 11.6. The molecule has 3 amide bonds. The van der Waals surface area contributed by atoms with E-state index < -0.39 is 11.9 Å². The summed E-state index contributed by atoms with van der Waals surface area (Å²) in [4.78, 5) is 45.9. The zero-order chi connectivity index (χ0) is 25.2. The van der Waals surface area contributed by atoms with E-state index in [-0.39, 0.29) is 24.7 Å². The second-order valence-corrected chi connectivity index (χ2v) is 9.64. The molecule has 0 spiro atoms. The van der Waals surface area contributed by atoms with Crippen LogP contribution in [0.2, 0.25) is 10.0 Å². The van der Waals surface area contributed by atoms with Crippen LogP contribution in [0.1, 0.15) is 17.5 Å². The third-order valence-electron chi connectivity index (χ3n) is 6.47. The molecular formula is C28H23Cl2N3O3. The number of hydrogen-bond acceptors (Lipinski definition) is 3. The summed E-state index contributed by atoms with van der Waals surface area (Å²) in [6.45, 7) is 0.298. The number of anilines is 1. The molecule has 1 fully saturated rings. The molecule has 2 heterocycles. The van der Waals surface area contributed by atoms with Crippen LogP contribution in [0, 0.1) is 0 Å². The minimum absolute atomic E-state index is 0.0678. The van der Waals surface area contributed by atoms with E-state index in [0.29, 0.717) is 28.7 Å². The monoisotopic (exact) mass is 519 g/mol. The fraction of sp³-hybridized carbons (Fsp3) is 0.179. The van der Waals surface area contributed by atoms with Crippen LogP contribution in [-0.2, 0) is 27.2 Å². The minimum atomic E-state index is -0.877. The normalized spacial score (nSPS) is 15.6. The Kier molecular flexibility index (Phi) is 6.81. The number of aromatic amines is 1. The van der Waals surface area contributed by atoms with Crippen molar-refractivity contribution in [2.45, 2.75) is 25.3 Å². The largest absolute Gasteiger partial charge is 0.361 e. The molecule has 8 heteroatoms. The number of aromatic nitrogens is 1. The Morgan fingerprint density at radius 1 is 0.944 bits per heavy atom. The first kappa shape index (κ1) is 24.1. The maximum absolute atomic E-state index is 13.5. The number of rotatable bonds is 7. The molecule has 4 aromatic rings. The average Bonchev–Trinajstić information content (AvgIpc) is 3.42. The summed E-state index contributed by atoms with van der Waals surface area (Å²) in [5, 5.41) is 2.16. The number of halogens is 2. The average molecular weight is 520 g/mol. The molecule has 36 heavy (non-hydrogen) atoms. The molecular weight excluding hydrogens is 497 g/mol. The lowest BCUT2D eigenvalue weighted by Gasteiger charge is -2.28. The van der Waals surface area contributed by atoms with E-state index in [1.54, 1.807) is 53.4 Å². The van der Waals surface area contributed by atoms with Gasteiger partial charge in [0.05, 0.1) is 18.5 Å². The van der Waals surface area contributed by atoms with Crippen molar-refractivity contribution in [3.63, 3.8) is 0 Å². The summed E-state index contributed by atoms with van der Waals surface area (Å²) in [5.41, 5.74) is 3.28. The van der Waals surface area contributed by atoms with Crippen molar-refractivity contribution in [2.24, 2.45) is 0 Å². The molecule has 0 saturated carbocycles. The van der Waals surface area contributed by atoms with Gasteiger partial charge in [-0.15, -0.1) is 0 Å². The van der Waals surface area contributed by atoms with Gasteiger partial charge in [-0.05, 0) is 60.0 Å². The van der Waals surface area contributed by atoms with Gasteiger partial charge in [0.15, 0.2) is 0 Å². The number of nitrogens with zero attached hydrogens (tertiary/aromatic N) is 2. The van der Waals surface area contributed by atoms with Gasteiger partial charge < -0.3 is 9.88 Å². The van der Waals surface area contributed by atoms with E-state index in [1.165, 1.54) is 0 Å². The number of nitrogens with one attached hydrogen (secondary N) is 1. The van der Waals surface area contributed by atoms with E-state index in [2.05, 4.69) is 4.98 Å². The number of carbonyl (C=O) groups is 3. The Morgan fingerprint density at radius 2 is 1.61 bits per heavy atom. The lowest BCUT2D eigenvalue weighted by molar-refractivity contribution is -0.137. The van der Waals surface area contributed by atoms with Crippen LogP contribution < -0.4 is 4.90 Å². The van der Waals surface area contributed by atoms with E-state index in [1.807, 2.05) is 30.5 Å². The van der Waals surface area contributed by atoms with Crippen molar-refractivity contribution in [3.8, 4) is 0 Å². The van der Waals surface area contributed by atoms with Crippen molar-refractivity contribution in [1.82, 2.24) is 9.88 Å². The van der Waals surface area contributed by atoms with E-state index in [0.717, 1.165) is 26.9 Å². The van der Waals surface area contributed by atoms with Gasteiger partial charge in [0.25, 0.3) is 5.91 Å². The van der Waals surface area contributed by atoms with Crippen LogP contribution >= 0.6 is 23.2 Å². The van der Waals surface area contributed by atoms with Gasteiger partial charge in [-0.1, -0.05) is 53.5 Å². The number of hydrogen-bond donors (Lipinski definition) is 1. The number of benzene rings is 3. The maximum Gasteiger partial charge on any atom is 0.257 e. The Hall–Kier alpha value is -3.61. The lowest BCUT2D eigenvalue weighted by Crippen LogP contribution is -2.47. The highest BCUT2D eigenvalue weighted by Crippen LogP contribution is 2.28. The fourth-order valence-electron chi connectivity index (χ4n) is 4.63. The van der Waals surface area contributed by atoms with Crippen molar-refractivity contribution >= 4 is 57.5 Å². The summed E-state index contributed by atoms with van der Waals surface area (Å²) >= 11 is 12.0. The second kappa shape index (κ2) is 10.2. The van der Waals surface area contributed by atoms with Crippen LogP contribution in [0.5, 0.6) is 0 Å². The van der Waals surface area contributed by atoms with Crippen LogP contribution in [0.4, 0.5) is 5.69 Å². The van der Waals surface area contributed by atoms with Crippen LogP contribution in [0.25, 0.3) is 10.9 Å². The molecule has 1 N–H and O–H groups in total. The van der Waals surface area contributed by atoms with Gasteiger partial charge >= 0.3 is 0 Å². The molecule has 182 valence electrons. The van der Waals surface area contributed by atoms with Gasteiger partial charge in [-0.25, -0.2) is 4.90 Å². The quantitative estimate of drug-likeness (QED) is 0.331. The van der Waals surface area contributed by atoms with Crippen LogP contribution in [0.3, 0.4) is 0 Å². The molecule has 3 aromatic carbocycles. The zero-order valence-corrected chi connectivity index (χ0v) is 20.8. The molecule has 1 aromatic heterocycles. The second-order valence-electron chi connectivity index (χ2n) is 8.76. The number of imide groups is 1. The van der Waals surface area contributed by atoms with Gasteiger partial charge in [-0.3, -0.25) is 14.4 Å². The molecule has 0 radical (unpaired) electrons. The first-order chi connectivity index (χ1) is 17.4.